The van der Waals surface area contributed by atoms with Crippen molar-refractivity contribution in [1.82, 2.24) is 0 Å². The number of rotatable bonds is 18. The van der Waals surface area contributed by atoms with E-state index >= 15 is 0 Å². The van der Waals surface area contributed by atoms with Crippen LogP contribution in [0, 0.1) is 0 Å². The minimum atomic E-state index is -1.39. The second-order valence-corrected chi connectivity index (χ2v) is 6.80. The summed E-state index contributed by atoms with van der Waals surface area (Å²) in [5, 5.41) is 17.6. The monoisotopic (exact) mass is 356 g/mol. The maximum absolute atomic E-state index is 11.1. The van der Waals surface area contributed by atoms with Crippen molar-refractivity contribution in [2.45, 2.75) is 103 Å². The Morgan fingerprint density at radius 3 is 1.84 bits per heavy atom. The minimum absolute atomic E-state index is 0.330. The molecule has 0 aromatic carbocycles. The number of aliphatic hydroxyl groups is 2. The van der Waals surface area contributed by atoms with Crippen molar-refractivity contribution in [1.29, 1.82) is 0 Å². The molecule has 0 aromatic heterocycles. The van der Waals surface area contributed by atoms with Crippen LogP contribution in [0.3, 0.4) is 0 Å². The van der Waals surface area contributed by atoms with Gasteiger partial charge in [0.05, 0.1) is 13.2 Å². The van der Waals surface area contributed by atoms with Crippen LogP contribution in [0.25, 0.3) is 0 Å². The highest BCUT2D eigenvalue weighted by Gasteiger charge is 2.14. The van der Waals surface area contributed by atoms with Gasteiger partial charge in [0.1, 0.15) is 0 Å². The first-order valence-corrected chi connectivity index (χ1v) is 10.3. The summed E-state index contributed by atoms with van der Waals surface area (Å²) in [6, 6.07) is 0. The van der Waals surface area contributed by atoms with Gasteiger partial charge in [-0.2, -0.15) is 0 Å². The third-order valence-electron chi connectivity index (χ3n) is 4.35. The molecular formula is C21H40O4. The summed E-state index contributed by atoms with van der Waals surface area (Å²) in [6.07, 6.45) is 20.6. The predicted molar refractivity (Wildman–Crippen MR) is 104 cm³/mol. The summed E-state index contributed by atoms with van der Waals surface area (Å²) >= 11 is 0. The molecule has 0 saturated heterocycles. The normalized spacial score (nSPS) is 12.6. The zero-order valence-electron chi connectivity index (χ0n) is 16.3. The molecule has 0 heterocycles. The van der Waals surface area contributed by atoms with Crippen molar-refractivity contribution in [3.8, 4) is 0 Å². The molecule has 1 atom stereocenters. The van der Waals surface area contributed by atoms with Crippen molar-refractivity contribution in [2.24, 2.45) is 0 Å². The molecule has 0 amide bonds. The van der Waals surface area contributed by atoms with Crippen LogP contribution in [0.4, 0.5) is 0 Å². The van der Waals surface area contributed by atoms with Crippen molar-refractivity contribution in [3.63, 3.8) is 0 Å². The average Bonchev–Trinajstić information content (AvgIpc) is 2.63. The van der Waals surface area contributed by atoms with Gasteiger partial charge in [0.15, 0.2) is 6.10 Å². The molecule has 2 N–H and O–H groups in total. The minimum Gasteiger partial charge on any atom is -0.464 e. The first kappa shape index (κ1) is 24.1. The maximum Gasteiger partial charge on any atom is 0.337 e. The maximum atomic E-state index is 11.1. The number of unbranched alkanes of at least 4 members (excludes halogenated alkanes) is 12. The van der Waals surface area contributed by atoms with E-state index in [4.69, 9.17) is 14.9 Å². The van der Waals surface area contributed by atoms with Crippen LogP contribution in [0.2, 0.25) is 0 Å². The highest BCUT2D eigenvalue weighted by Crippen LogP contribution is 2.10. The number of hydrogen-bond donors (Lipinski definition) is 2. The second kappa shape index (κ2) is 19.5. The van der Waals surface area contributed by atoms with Crippen LogP contribution in [0.5, 0.6) is 0 Å². The molecule has 0 unspecified atom stereocenters. The first-order chi connectivity index (χ1) is 12.2. The molecule has 0 bridgehead atoms. The summed E-state index contributed by atoms with van der Waals surface area (Å²) in [5.41, 5.74) is 0. The molecule has 0 rings (SSSR count). The number of esters is 1. The van der Waals surface area contributed by atoms with E-state index in [0.717, 1.165) is 19.3 Å². The molecule has 4 heteroatoms. The van der Waals surface area contributed by atoms with E-state index in [1.807, 2.05) is 0 Å². The second-order valence-electron chi connectivity index (χ2n) is 6.80. The Labute approximate surface area is 154 Å². The van der Waals surface area contributed by atoms with Gasteiger partial charge in [-0.3, -0.25) is 0 Å². The topological polar surface area (TPSA) is 66.8 Å². The molecule has 0 spiro atoms. The first-order valence-electron chi connectivity index (χ1n) is 10.3. The van der Waals surface area contributed by atoms with Gasteiger partial charge in [-0.05, 0) is 32.1 Å². The Bertz CT molecular complexity index is 315. The summed E-state index contributed by atoms with van der Waals surface area (Å²) < 4.78 is 4.86. The molecule has 0 fully saturated rings. The van der Waals surface area contributed by atoms with Gasteiger partial charge < -0.3 is 14.9 Å². The molecule has 148 valence electrons. The SMILES string of the molecule is CCCCCCCCC=CCCCCCCCCOC(=O)[C@@H](O)CO. The van der Waals surface area contributed by atoms with Crippen molar-refractivity contribution < 1.29 is 19.7 Å². The van der Waals surface area contributed by atoms with Crippen molar-refractivity contribution in [3.05, 3.63) is 12.2 Å². The lowest BCUT2D eigenvalue weighted by Gasteiger charge is -2.07. The quantitative estimate of drug-likeness (QED) is 0.208. The number of carbonyl (C=O) groups excluding carboxylic acids is 1. The molecule has 0 saturated carbocycles. The summed E-state index contributed by atoms with van der Waals surface area (Å²) in [4.78, 5) is 11.1. The highest BCUT2D eigenvalue weighted by molar-refractivity contribution is 5.74. The van der Waals surface area contributed by atoms with E-state index in [1.54, 1.807) is 0 Å². The third kappa shape index (κ3) is 17.7. The molecule has 0 radical (unpaired) electrons. The lowest BCUT2D eigenvalue weighted by Crippen LogP contribution is -2.26. The van der Waals surface area contributed by atoms with Gasteiger partial charge in [-0.1, -0.05) is 76.9 Å². The van der Waals surface area contributed by atoms with E-state index < -0.39 is 18.7 Å². The van der Waals surface area contributed by atoms with Gasteiger partial charge in [0, 0.05) is 0 Å². The number of allylic oxidation sites excluding steroid dienone is 2. The standard InChI is InChI=1S/C21H40O4/c1-2-3-4-5-6-7-8-9-10-11-12-13-14-15-16-17-18-25-21(24)20(23)19-22/h9-10,20,22-23H,2-8,11-19H2,1H3/t20-/m0/s1. The van der Waals surface area contributed by atoms with E-state index in [9.17, 15) is 4.79 Å². The fourth-order valence-electron chi connectivity index (χ4n) is 2.69. The number of ether oxygens (including phenoxy) is 1. The van der Waals surface area contributed by atoms with Crippen LogP contribution < -0.4 is 0 Å². The Balaban J connectivity index is 3.18. The number of aliphatic hydroxyl groups excluding tert-OH is 2. The van der Waals surface area contributed by atoms with Gasteiger partial charge in [0.2, 0.25) is 0 Å². The van der Waals surface area contributed by atoms with E-state index in [1.165, 1.54) is 70.6 Å². The van der Waals surface area contributed by atoms with E-state index in [0.29, 0.717) is 6.61 Å². The van der Waals surface area contributed by atoms with Gasteiger partial charge in [-0.15, -0.1) is 0 Å². The highest BCUT2D eigenvalue weighted by atomic mass is 16.5. The lowest BCUT2D eigenvalue weighted by atomic mass is 10.1. The zero-order valence-corrected chi connectivity index (χ0v) is 16.3. The fourth-order valence-corrected chi connectivity index (χ4v) is 2.69. The van der Waals surface area contributed by atoms with Gasteiger partial charge in [0.25, 0.3) is 0 Å². The molecule has 4 nitrogen and oxygen atoms in total. The summed E-state index contributed by atoms with van der Waals surface area (Å²) in [7, 11) is 0. The van der Waals surface area contributed by atoms with Gasteiger partial charge >= 0.3 is 5.97 Å². The third-order valence-corrected chi connectivity index (χ3v) is 4.35. The Morgan fingerprint density at radius 1 is 0.840 bits per heavy atom. The summed E-state index contributed by atoms with van der Waals surface area (Å²) in [6.45, 7) is 2.01. The van der Waals surface area contributed by atoms with Crippen LogP contribution >= 0.6 is 0 Å². The number of hydrogen-bond acceptors (Lipinski definition) is 4. The lowest BCUT2D eigenvalue weighted by molar-refractivity contribution is -0.155. The Morgan fingerprint density at radius 2 is 1.32 bits per heavy atom. The Hall–Kier alpha value is -0.870. The predicted octanol–water partition coefficient (Wildman–Crippen LogP) is 4.92. The van der Waals surface area contributed by atoms with Crippen LogP contribution in [-0.2, 0) is 9.53 Å². The average molecular weight is 357 g/mol. The van der Waals surface area contributed by atoms with E-state index in [2.05, 4.69) is 19.1 Å². The van der Waals surface area contributed by atoms with Crippen molar-refractivity contribution in [2.75, 3.05) is 13.2 Å². The zero-order chi connectivity index (χ0) is 18.6. The largest absolute Gasteiger partial charge is 0.464 e. The van der Waals surface area contributed by atoms with Gasteiger partial charge in [-0.25, -0.2) is 4.79 Å². The van der Waals surface area contributed by atoms with E-state index in [-0.39, 0.29) is 0 Å². The Kier molecular flexibility index (Phi) is 18.8. The molecule has 0 aliphatic rings. The molecule has 0 aromatic rings. The van der Waals surface area contributed by atoms with Crippen LogP contribution in [0.1, 0.15) is 96.8 Å². The molecule has 0 aliphatic carbocycles. The summed E-state index contributed by atoms with van der Waals surface area (Å²) in [5.74, 6) is -0.727. The number of carbonyl (C=O) groups is 1. The molecular weight excluding hydrogens is 316 g/mol. The smallest absolute Gasteiger partial charge is 0.337 e. The molecule has 0 aliphatic heterocycles. The van der Waals surface area contributed by atoms with Crippen LogP contribution in [-0.4, -0.2) is 35.5 Å². The fraction of sp³-hybridized carbons (Fsp3) is 0.857. The van der Waals surface area contributed by atoms with Crippen molar-refractivity contribution >= 4 is 5.97 Å². The molecule has 25 heavy (non-hydrogen) atoms. The van der Waals surface area contributed by atoms with Crippen LogP contribution in [0.15, 0.2) is 12.2 Å².